The van der Waals surface area contributed by atoms with Crippen LogP contribution in [0.4, 0.5) is 5.69 Å². The average molecular weight is 301 g/mol. The Hall–Kier alpha value is -1.55. The van der Waals surface area contributed by atoms with Gasteiger partial charge in [0.15, 0.2) is 0 Å². The van der Waals surface area contributed by atoms with Crippen molar-refractivity contribution in [2.45, 2.75) is 39.2 Å². The second kappa shape index (κ2) is 6.69. The molecule has 1 saturated heterocycles. The highest BCUT2D eigenvalue weighted by Gasteiger charge is 2.22. The van der Waals surface area contributed by atoms with Crippen LogP contribution in [-0.4, -0.2) is 54.5 Å². The topological polar surface area (TPSA) is 35.6 Å². The van der Waals surface area contributed by atoms with Gasteiger partial charge in [-0.05, 0) is 43.4 Å². The van der Waals surface area contributed by atoms with Gasteiger partial charge in [0.25, 0.3) is 0 Å². The molecule has 1 N–H and O–H groups in total. The maximum absolute atomic E-state index is 11.4. The van der Waals surface area contributed by atoms with Crippen molar-refractivity contribution in [2.24, 2.45) is 0 Å². The standard InChI is InChI=1S/C18H27N3O/c1-14(20-8-10-21(11-9-20)15(2)22)12-16-5-6-18-17(13-16)4-3-7-19-18/h5-6,13-14,19H,3-4,7-12H2,1-2H3. The summed E-state index contributed by atoms with van der Waals surface area (Å²) in [4.78, 5) is 15.9. The van der Waals surface area contributed by atoms with E-state index < -0.39 is 0 Å². The van der Waals surface area contributed by atoms with E-state index in [1.807, 2.05) is 4.90 Å². The molecule has 0 radical (unpaired) electrons. The van der Waals surface area contributed by atoms with Gasteiger partial charge in [-0.1, -0.05) is 12.1 Å². The summed E-state index contributed by atoms with van der Waals surface area (Å²) in [6.07, 6.45) is 3.52. The van der Waals surface area contributed by atoms with E-state index in [9.17, 15) is 4.79 Å². The minimum absolute atomic E-state index is 0.203. The first-order chi connectivity index (χ1) is 10.6. The van der Waals surface area contributed by atoms with Gasteiger partial charge in [-0.2, -0.15) is 0 Å². The van der Waals surface area contributed by atoms with Gasteiger partial charge in [0.1, 0.15) is 0 Å². The predicted octanol–water partition coefficient (Wildman–Crippen LogP) is 2.14. The molecular weight excluding hydrogens is 274 g/mol. The molecule has 1 aromatic rings. The fourth-order valence-electron chi connectivity index (χ4n) is 3.60. The fraction of sp³-hybridized carbons (Fsp3) is 0.611. The Bertz CT molecular complexity index is 535. The third-order valence-electron chi connectivity index (χ3n) is 5.02. The Morgan fingerprint density at radius 3 is 2.77 bits per heavy atom. The van der Waals surface area contributed by atoms with Gasteiger partial charge in [0.2, 0.25) is 5.91 Å². The molecule has 3 rings (SSSR count). The summed E-state index contributed by atoms with van der Waals surface area (Å²) in [5.41, 5.74) is 4.22. The van der Waals surface area contributed by atoms with E-state index in [1.165, 1.54) is 29.7 Å². The molecule has 1 amide bonds. The Morgan fingerprint density at radius 2 is 2.05 bits per heavy atom. The first-order valence-electron chi connectivity index (χ1n) is 8.49. The first-order valence-corrected chi connectivity index (χ1v) is 8.49. The van der Waals surface area contributed by atoms with Crippen molar-refractivity contribution in [3.05, 3.63) is 29.3 Å². The number of piperazine rings is 1. The Morgan fingerprint density at radius 1 is 1.27 bits per heavy atom. The van der Waals surface area contributed by atoms with Crippen molar-refractivity contribution in [3.63, 3.8) is 0 Å². The highest BCUT2D eigenvalue weighted by atomic mass is 16.2. The van der Waals surface area contributed by atoms with Crippen LogP contribution in [0.2, 0.25) is 0 Å². The minimum atomic E-state index is 0.203. The van der Waals surface area contributed by atoms with E-state index in [2.05, 4.69) is 35.3 Å². The lowest BCUT2D eigenvalue weighted by atomic mass is 9.97. The summed E-state index contributed by atoms with van der Waals surface area (Å²) >= 11 is 0. The van der Waals surface area contributed by atoms with Crippen molar-refractivity contribution in [1.29, 1.82) is 0 Å². The lowest BCUT2D eigenvalue weighted by Gasteiger charge is -2.37. The molecule has 120 valence electrons. The van der Waals surface area contributed by atoms with Gasteiger partial charge >= 0.3 is 0 Å². The zero-order chi connectivity index (χ0) is 15.5. The molecule has 2 aliphatic heterocycles. The van der Waals surface area contributed by atoms with Crippen LogP contribution in [0.5, 0.6) is 0 Å². The maximum atomic E-state index is 11.4. The van der Waals surface area contributed by atoms with Gasteiger partial charge in [0, 0.05) is 51.4 Å². The first kappa shape index (κ1) is 15.3. The number of hydrogen-bond donors (Lipinski definition) is 1. The molecule has 1 atom stereocenters. The average Bonchev–Trinajstić information content (AvgIpc) is 2.55. The van der Waals surface area contributed by atoms with Crippen molar-refractivity contribution in [1.82, 2.24) is 9.80 Å². The second-order valence-electron chi connectivity index (χ2n) is 6.62. The van der Waals surface area contributed by atoms with E-state index >= 15 is 0 Å². The number of aryl methyl sites for hydroxylation is 1. The van der Waals surface area contributed by atoms with Gasteiger partial charge in [-0.15, -0.1) is 0 Å². The van der Waals surface area contributed by atoms with Gasteiger partial charge in [0.05, 0.1) is 0 Å². The molecule has 2 aliphatic rings. The third-order valence-corrected chi connectivity index (χ3v) is 5.02. The SMILES string of the molecule is CC(=O)N1CCN(C(C)Cc2ccc3c(c2)CCCN3)CC1. The summed E-state index contributed by atoms with van der Waals surface area (Å²) in [6.45, 7) is 8.80. The smallest absolute Gasteiger partial charge is 0.219 e. The molecule has 1 unspecified atom stereocenters. The lowest BCUT2D eigenvalue weighted by Crippen LogP contribution is -2.51. The molecule has 22 heavy (non-hydrogen) atoms. The second-order valence-corrected chi connectivity index (χ2v) is 6.62. The molecule has 0 bridgehead atoms. The van der Waals surface area contributed by atoms with Crippen LogP contribution in [0, 0.1) is 0 Å². The molecule has 4 heteroatoms. The predicted molar refractivity (Wildman–Crippen MR) is 90.2 cm³/mol. The van der Waals surface area contributed by atoms with E-state index in [4.69, 9.17) is 0 Å². The van der Waals surface area contributed by atoms with Crippen LogP contribution in [0.1, 0.15) is 31.4 Å². The number of amides is 1. The van der Waals surface area contributed by atoms with E-state index in [-0.39, 0.29) is 5.91 Å². The summed E-state index contributed by atoms with van der Waals surface area (Å²) in [5, 5.41) is 3.47. The van der Waals surface area contributed by atoms with Crippen molar-refractivity contribution in [3.8, 4) is 0 Å². The molecule has 0 saturated carbocycles. The number of nitrogens with one attached hydrogen (secondary N) is 1. The number of fused-ring (bicyclic) bond motifs is 1. The fourth-order valence-corrected chi connectivity index (χ4v) is 3.60. The van der Waals surface area contributed by atoms with Crippen LogP contribution < -0.4 is 5.32 Å². The summed E-state index contributed by atoms with van der Waals surface area (Å²) in [5.74, 6) is 0.203. The van der Waals surface area contributed by atoms with Gasteiger partial charge in [-0.3, -0.25) is 9.69 Å². The largest absolute Gasteiger partial charge is 0.385 e. The molecule has 0 aliphatic carbocycles. The highest BCUT2D eigenvalue weighted by molar-refractivity contribution is 5.73. The number of anilines is 1. The van der Waals surface area contributed by atoms with Crippen LogP contribution in [-0.2, 0) is 17.6 Å². The van der Waals surface area contributed by atoms with Crippen LogP contribution in [0.15, 0.2) is 18.2 Å². The quantitative estimate of drug-likeness (QED) is 0.929. The normalized spacial score (nSPS) is 20.2. The number of benzene rings is 1. The van der Waals surface area contributed by atoms with Crippen LogP contribution in [0.25, 0.3) is 0 Å². The molecular formula is C18H27N3O. The zero-order valence-corrected chi connectivity index (χ0v) is 13.8. The number of rotatable bonds is 3. The molecule has 1 fully saturated rings. The maximum Gasteiger partial charge on any atom is 0.219 e. The summed E-state index contributed by atoms with van der Waals surface area (Å²) < 4.78 is 0. The lowest BCUT2D eigenvalue weighted by molar-refractivity contribution is -0.130. The van der Waals surface area contributed by atoms with E-state index in [0.29, 0.717) is 6.04 Å². The highest BCUT2D eigenvalue weighted by Crippen LogP contribution is 2.24. The van der Waals surface area contributed by atoms with Crippen molar-refractivity contribution >= 4 is 11.6 Å². The molecule has 0 spiro atoms. The number of nitrogens with zero attached hydrogens (tertiary/aromatic N) is 2. The van der Waals surface area contributed by atoms with Gasteiger partial charge < -0.3 is 10.2 Å². The van der Waals surface area contributed by atoms with Crippen LogP contribution in [0.3, 0.4) is 0 Å². The number of hydrogen-bond acceptors (Lipinski definition) is 3. The van der Waals surface area contributed by atoms with Crippen molar-refractivity contribution in [2.75, 3.05) is 38.0 Å². The molecule has 2 heterocycles. The van der Waals surface area contributed by atoms with Gasteiger partial charge in [-0.25, -0.2) is 0 Å². The summed E-state index contributed by atoms with van der Waals surface area (Å²) in [7, 11) is 0. The monoisotopic (exact) mass is 301 g/mol. The third kappa shape index (κ3) is 3.43. The van der Waals surface area contributed by atoms with E-state index in [1.54, 1.807) is 6.92 Å². The number of carbonyl (C=O) groups excluding carboxylic acids is 1. The van der Waals surface area contributed by atoms with Crippen molar-refractivity contribution < 1.29 is 4.79 Å². The Balaban J connectivity index is 1.58. The molecule has 1 aromatic carbocycles. The zero-order valence-electron chi connectivity index (χ0n) is 13.8. The summed E-state index contributed by atoms with van der Waals surface area (Å²) in [6, 6.07) is 7.41. The van der Waals surface area contributed by atoms with E-state index in [0.717, 1.165) is 39.1 Å². The minimum Gasteiger partial charge on any atom is -0.385 e. The number of carbonyl (C=O) groups is 1. The Labute approximate surface area is 133 Å². The molecule has 4 nitrogen and oxygen atoms in total. The Kier molecular flexibility index (Phi) is 4.67. The van der Waals surface area contributed by atoms with Crippen LogP contribution >= 0.6 is 0 Å². The molecule has 0 aromatic heterocycles.